The van der Waals surface area contributed by atoms with Crippen LogP contribution in [0.3, 0.4) is 0 Å². The van der Waals surface area contributed by atoms with Crippen LogP contribution in [0.25, 0.3) is 11.1 Å². The molecule has 27 heavy (non-hydrogen) atoms. The lowest BCUT2D eigenvalue weighted by atomic mass is 9.98. The van der Waals surface area contributed by atoms with Gasteiger partial charge in [0.25, 0.3) is 0 Å². The Morgan fingerprint density at radius 2 is 1.85 bits per heavy atom. The first-order chi connectivity index (χ1) is 12.9. The van der Waals surface area contributed by atoms with Crippen LogP contribution in [0.5, 0.6) is 5.75 Å². The van der Waals surface area contributed by atoms with Crippen molar-refractivity contribution in [3.63, 3.8) is 0 Å². The summed E-state index contributed by atoms with van der Waals surface area (Å²) < 4.78 is 5.24. The molecular formula is C21H24N2O4. The molecule has 0 saturated carbocycles. The number of amidine groups is 1. The van der Waals surface area contributed by atoms with Crippen molar-refractivity contribution < 1.29 is 19.4 Å². The van der Waals surface area contributed by atoms with E-state index < -0.39 is 5.97 Å². The molecule has 2 rings (SSSR count). The number of hydrogen-bond donors (Lipinski definition) is 2. The number of carbonyl (C=O) groups is 2. The summed E-state index contributed by atoms with van der Waals surface area (Å²) in [6.07, 6.45) is 2.72. The Hall–Kier alpha value is -3.15. The minimum absolute atomic E-state index is 0.0870. The van der Waals surface area contributed by atoms with E-state index in [1.807, 2.05) is 36.4 Å². The monoisotopic (exact) mass is 368 g/mol. The fraction of sp³-hybridized carbons (Fsp3) is 0.286. The molecule has 0 spiro atoms. The van der Waals surface area contributed by atoms with Crippen molar-refractivity contribution in [2.75, 3.05) is 14.2 Å². The molecule has 0 unspecified atom stereocenters. The number of nitrogens with one attached hydrogen (secondary N) is 1. The summed E-state index contributed by atoms with van der Waals surface area (Å²) >= 11 is 0. The Bertz CT molecular complexity index is 815. The number of aliphatic carboxylic acids is 1. The molecule has 0 aliphatic heterocycles. The summed E-state index contributed by atoms with van der Waals surface area (Å²) in [6, 6.07) is 13.6. The third kappa shape index (κ3) is 5.67. The van der Waals surface area contributed by atoms with E-state index in [-0.39, 0.29) is 6.42 Å². The highest BCUT2D eigenvalue weighted by molar-refractivity contribution is 5.87. The first-order valence-electron chi connectivity index (χ1n) is 8.68. The number of carbonyl (C=O) groups excluding carboxylic acids is 1. The number of ether oxygens (including phenoxy) is 1. The van der Waals surface area contributed by atoms with Gasteiger partial charge < -0.3 is 14.7 Å². The molecule has 0 radical (unpaired) electrons. The molecule has 2 N–H and O–H groups in total. The molecule has 0 bridgehead atoms. The lowest BCUT2D eigenvalue weighted by Gasteiger charge is -2.12. The Balaban J connectivity index is 2.05. The third-order valence-corrected chi connectivity index (χ3v) is 4.37. The van der Waals surface area contributed by atoms with E-state index in [0.29, 0.717) is 30.0 Å². The van der Waals surface area contributed by atoms with Gasteiger partial charge in [0, 0.05) is 19.0 Å². The van der Waals surface area contributed by atoms with Gasteiger partial charge in [-0.1, -0.05) is 30.3 Å². The average molecular weight is 368 g/mol. The molecule has 2 aromatic carbocycles. The van der Waals surface area contributed by atoms with Crippen molar-refractivity contribution in [2.24, 2.45) is 0 Å². The Morgan fingerprint density at radius 3 is 2.44 bits per heavy atom. The van der Waals surface area contributed by atoms with E-state index in [1.54, 1.807) is 13.1 Å². The van der Waals surface area contributed by atoms with E-state index >= 15 is 0 Å². The molecule has 0 aliphatic carbocycles. The number of nitrogens with zero attached hydrogens (tertiary/aromatic N) is 1. The van der Waals surface area contributed by atoms with E-state index in [9.17, 15) is 9.59 Å². The lowest BCUT2D eigenvalue weighted by molar-refractivity contribution is -0.136. The van der Waals surface area contributed by atoms with Crippen molar-refractivity contribution in [1.82, 2.24) is 4.90 Å². The van der Waals surface area contributed by atoms with Crippen LogP contribution in [-0.2, 0) is 22.4 Å². The van der Waals surface area contributed by atoms with Crippen LogP contribution in [-0.4, -0.2) is 42.4 Å². The van der Waals surface area contributed by atoms with Crippen molar-refractivity contribution in [1.29, 1.82) is 5.41 Å². The van der Waals surface area contributed by atoms with Crippen molar-refractivity contribution >= 4 is 18.2 Å². The molecular weight excluding hydrogens is 344 g/mol. The highest BCUT2D eigenvalue weighted by atomic mass is 16.5. The molecule has 0 heterocycles. The van der Waals surface area contributed by atoms with Gasteiger partial charge in [-0.3, -0.25) is 15.0 Å². The van der Waals surface area contributed by atoms with Gasteiger partial charge in [-0.25, -0.2) is 0 Å². The smallest absolute Gasteiger partial charge is 0.307 e. The Labute approximate surface area is 158 Å². The number of hydrogen-bond acceptors (Lipinski definition) is 4. The van der Waals surface area contributed by atoms with Crippen LogP contribution in [0.1, 0.15) is 24.0 Å². The molecule has 142 valence electrons. The van der Waals surface area contributed by atoms with Crippen LogP contribution < -0.4 is 4.74 Å². The second kappa shape index (κ2) is 9.52. The second-order valence-corrected chi connectivity index (χ2v) is 6.31. The molecule has 6 heteroatoms. The van der Waals surface area contributed by atoms with Crippen molar-refractivity contribution in [3.8, 4) is 16.9 Å². The summed E-state index contributed by atoms with van der Waals surface area (Å²) in [7, 11) is 3.11. The van der Waals surface area contributed by atoms with Crippen LogP contribution in [0.4, 0.5) is 0 Å². The molecule has 2 aromatic rings. The minimum Gasteiger partial charge on any atom is -0.496 e. The van der Waals surface area contributed by atoms with Gasteiger partial charge in [-0.2, -0.15) is 0 Å². The Kier molecular flexibility index (Phi) is 7.11. The number of benzene rings is 2. The fourth-order valence-electron chi connectivity index (χ4n) is 2.82. The Morgan fingerprint density at radius 1 is 1.19 bits per heavy atom. The molecule has 0 saturated heterocycles. The van der Waals surface area contributed by atoms with Gasteiger partial charge in [0.1, 0.15) is 11.6 Å². The zero-order valence-electron chi connectivity index (χ0n) is 15.6. The SMILES string of the molecule is COc1ccc(-c2ccc(CCCC(=N)N(C)C=O)cc2)cc1CC(=O)O. The van der Waals surface area contributed by atoms with E-state index in [2.05, 4.69) is 0 Å². The number of amides is 1. The maximum absolute atomic E-state index is 11.0. The van der Waals surface area contributed by atoms with Gasteiger partial charge >= 0.3 is 5.97 Å². The summed E-state index contributed by atoms with van der Waals surface area (Å²) in [5.74, 6) is -0.0158. The predicted octanol–water partition coefficient (Wildman–Crippen LogP) is 3.38. The van der Waals surface area contributed by atoms with Crippen LogP contribution in [0, 0.1) is 5.41 Å². The summed E-state index contributed by atoms with van der Waals surface area (Å²) in [5.41, 5.74) is 3.73. The average Bonchev–Trinajstić information content (AvgIpc) is 2.67. The van der Waals surface area contributed by atoms with Gasteiger partial charge in [-0.05, 0) is 41.7 Å². The number of carboxylic acid groups (broad SMARTS) is 1. The van der Waals surface area contributed by atoms with E-state index in [0.717, 1.165) is 29.5 Å². The third-order valence-electron chi connectivity index (χ3n) is 4.37. The number of rotatable bonds is 9. The molecule has 0 aliphatic rings. The van der Waals surface area contributed by atoms with E-state index in [1.165, 1.54) is 12.0 Å². The number of aryl methyl sites for hydroxylation is 1. The maximum Gasteiger partial charge on any atom is 0.307 e. The fourth-order valence-corrected chi connectivity index (χ4v) is 2.82. The predicted molar refractivity (Wildman–Crippen MR) is 104 cm³/mol. The van der Waals surface area contributed by atoms with Crippen molar-refractivity contribution in [2.45, 2.75) is 25.7 Å². The molecule has 0 atom stereocenters. The van der Waals surface area contributed by atoms with Crippen LogP contribution >= 0.6 is 0 Å². The zero-order chi connectivity index (χ0) is 19.8. The highest BCUT2D eigenvalue weighted by Gasteiger charge is 2.10. The standard InChI is InChI=1S/C21H24N2O4/c1-23(14-24)20(22)5-3-4-15-6-8-16(9-7-15)17-10-11-19(27-2)18(12-17)13-21(25)26/h6-12,14,22H,3-5,13H2,1-2H3,(H,25,26). The quantitative estimate of drug-likeness (QED) is 0.403. The van der Waals surface area contributed by atoms with Gasteiger partial charge in [0.05, 0.1) is 13.5 Å². The second-order valence-electron chi connectivity index (χ2n) is 6.31. The zero-order valence-corrected chi connectivity index (χ0v) is 15.6. The highest BCUT2D eigenvalue weighted by Crippen LogP contribution is 2.27. The van der Waals surface area contributed by atoms with Gasteiger partial charge in [-0.15, -0.1) is 0 Å². The summed E-state index contributed by atoms with van der Waals surface area (Å²) in [4.78, 5) is 22.9. The lowest BCUT2D eigenvalue weighted by Crippen LogP contribution is -2.23. The van der Waals surface area contributed by atoms with E-state index in [4.69, 9.17) is 15.3 Å². The summed E-state index contributed by atoms with van der Waals surface area (Å²) in [5, 5.41) is 16.8. The first-order valence-corrected chi connectivity index (χ1v) is 8.68. The molecule has 0 fully saturated rings. The van der Waals surface area contributed by atoms with Gasteiger partial charge in [0.15, 0.2) is 0 Å². The minimum atomic E-state index is -0.897. The van der Waals surface area contributed by atoms with Crippen LogP contribution in [0.15, 0.2) is 42.5 Å². The largest absolute Gasteiger partial charge is 0.496 e. The molecule has 0 aromatic heterocycles. The maximum atomic E-state index is 11.0. The first kappa shape index (κ1) is 20.2. The molecule has 6 nitrogen and oxygen atoms in total. The van der Waals surface area contributed by atoms with Gasteiger partial charge in [0.2, 0.25) is 6.41 Å². The normalized spacial score (nSPS) is 10.3. The topological polar surface area (TPSA) is 90.7 Å². The number of methoxy groups -OCH3 is 1. The molecule has 1 amide bonds. The summed E-state index contributed by atoms with van der Waals surface area (Å²) in [6.45, 7) is 0. The van der Waals surface area contributed by atoms with Crippen molar-refractivity contribution in [3.05, 3.63) is 53.6 Å². The van der Waals surface area contributed by atoms with Crippen LogP contribution in [0.2, 0.25) is 0 Å². The number of carboxylic acids is 1.